The first-order valence-corrected chi connectivity index (χ1v) is 6.16. The number of benzene rings is 1. The Morgan fingerprint density at radius 1 is 1.39 bits per heavy atom. The van der Waals surface area contributed by atoms with Gasteiger partial charge in [0.15, 0.2) is 0 Å². The highest BCUT2D eigenvalue weighted by Crippen LogP contribution is 2.21. The summed E-state index contributed by atoms with van der Waals surface area (Å²) in [5.41, 5.74) is 2.35. The lowest BCUT2D eigenvalue weighted by Crippen LogP contribution is -2.05. The lowest BCUT2D eigenvalue weighted by molar-refractivity contribution is -0.137. The Balaban J connectivity index is 2.63. The van der Waals surface area contributed by atoms with Gasteiger partial charge in [0, 0.05) is 12.5 Å². The first kappa shape index (κ1) is 14.3. The fourth-order valence-electron chi connectivity index (χ4n) is 1.78. The molecule has 18 heavy (non-hydrogen) atoms. The largest absolute Gasteiger partial charge is 0.496 e. The van der Waals surface area contributed by atoms with Gasteiger partial charge in [-0.15, -0.1) is 0 Å². The van der Waals surface area contributed by atoms with Crippen LogP contribution in [0.25, 0.3) is 0 Å². The van der Waals surface area contributed by atoms with Gasteiger partial charge < -0.3 is 9.47 Å². The number of hydrogen-bond donors (Lipinski definition) is 0. The van der Waals surface area contributed by atoms with E-state index in [0.29, 0.717) is 13.0 Å². The molecule has 1 aromatic rings. The Labute approximate surface area is 108 Å². The van der Waals surface area contributed by atoms with E-state index in [0.717, 1.165) is 24.2 Å². The topological polar surface area (TPSA) is 35.5 Å². The van der Waals surface area contributed by atoms with Gasteiger partial charge >= 0.3 is 5.97 Å². The minimum atomic E-state index is -0.378. The zero-order valence-corrected chi connectivity index (χ0v) is 11.1. The van der Waals surface area contributed by atoms with E-state index < -0.39 is 0 Å². The predicted molar refractivity (Wildman–Crippen MR) is 71.8 cm³/mol. The van der Waals surface area contributed by atoms with Gasteiger partial charge in [0.1, 0.15) is 5.75 Å². The van der Waals surface area contributed by atoms with Crippen LogP contribution < -0.4 is 4.74 Å². The molecular weight excluding hydrogens is 228 g/mol. The SMILES string of the molecule is C=CC(=O)OCCc1ccc(OC)c(CCC)c1. The number of carbonyl (C=O) groups is 1. The van der Waals surface area contributed by atoms with Crippen molar-refractivity contribution in [2.24, 2.45) is 0 Å². The number of esters is 1. The standard InChI is InChI=1S/C15H20O3/c1-4-6-13-11-12(7-8-14(13)17-3)9-10-18-15(16)5-2/h5,7-8,11H,2,4,6,9-10H2,1,3H3. The van der Waals surface area contributed by atoms with Crippen molar-refractivity contribution in [1.82, 2.24) is 0 Å². The van der Waals surface area contributed by atoms with E-state index in [2.05, 4.69) is 19.6 Å². The number of ether oxygens (including phenoxy) is 2. The Morgan fingerprint density at radius 3 is 2.78 bits per heavy atom. The molecule has 0 N–H and O–H groups in total. The van der Waals surface area contributed by atoms with Crippen molar-refractivity contribution in [3.05, 3.63) is 42.0 Å². The summed E-state index contributed by atoms with van der Waals surface area (Å²) in [5.74, 6) is 0.543. The molecule has 98 valence electrons. The molecule has 0 aliphatic rings. The summed E-state index contributed by atoms with van der Waals surface area (Å²) in [6.45, 7) is 5.87. The van der Waals surface area contributed by atoms with Crippen LogP contribution in [0.5, 0.6) is 5.75 Å². The van der Waals surface area contributed by atoms with E-state index in [1.807, 2.05) is 12.1 Å². The summed E-state index contributed by atoms with van der Waals surface area (Å²) in [4.78, 5) is 10.9. The van der Waals surface area contributed by atoms with Gasteiger partial charge in [-0.25, -0.2) is 4.79 Å². The maximum atomic E-state index is 10.9. The number of rotatable bonds is 7. The molecule has 0 heterocycles. The lowest BCUT2D eigenvalue weighted by atomic mass is 10.0. The van der Waals surface area contributed by atoms with Gasteiger partial charge in [-0.05, 0) is 23.6 Å². The molecule has 1 rings (SSSR count). The second-order valence-corrected chi connectivity index (χ2v) is 4.02. The van der Waals surface area contributed by atoms with Gasteiger partial charge in [-0.1, -0.05) is 32.1 Å². The van der Waals surface area contributed by atoms with E-state index in [1.54, 1.807) is 7.11 Å². The zero-order chi connectivity index (χ0) is 13.4. The van der Waals surface area contributed by atoms with Crippen LogP contribution in [0.3, 0.4) is 0 Å². The molecule has 0 aromatic heterocycles. The molecule has 0 aliphatic carbocycles. The van der Waals surface area contributed by atoms with E-state index in [1.165, 1.54) is 11.6 Å². The monoisotopic (exact) mass is 248 g/mol. The van der Waals surface area contributed by atoms with Crippen molar-refractivity contribution in [2.45, 2.75) is 26.2 Å². The molecule has 0 atom stereocenters. The van der Waals surface area contributed by atoms with Crippen LogP contribution in [-0.2, 0) is 22.4 Å². The van der Waals surface area contributed by atoms with Crippen LogP contribution >= 0.6 is 0 Å². The summed E-state index contributed by atoms with van der Waals surface area (Å²) in [6, 6.07) is 6.08. The molecule has 3 nitrogen and oxygen atoms in total. The lowest BCUT2D eigenvalue weighted by Gasteiger charge is -2.10. The molecule has 0 aliphatic heterocycles. The van der Waals surface area contributed by atoms with Crippen LogP contribution in [-0.4, -0.2) is 19.7 Å². The van der Waals surface area contributed by atoms with Gasteiger partial charge in [0.2, 0.25) is 0 Å². The van der Waals surface area contributed by atoms with Crippen molar-refractivity contribution in [1.29, 1.82) is 0 Å². The average molecular weight is 248 g/mol. The Kier molecular flexibility index (Phi) is 5.98. The number of hydrogen-bond acceptors (Lipinski definition) is 3. The summed E-state index contributed by atoms with van der Waals surface area (Å²) in [7, 11) is 1.68. The predicted octanol–water partition coefficient (Wildman–Crippen LogP) is 2.92. The fourth-order valence-corrected chi connectivity index (χ4v) is 1.78. The quantitative estimate of drug-likeness (QED) is 0.550. The molecule has 0 unspecified atom stereocenters. The molecule has 1 aromatic carbocycles. The van der Waals surface area contributed by atoms with Crippen LogP contribution in [0.1, 0.15) is 24.5 Å². The normalized spacial score (nSPS) is 9.89. The van der Waals surface area contributed by atoms with Crippen LogP contribution in [0.2, 0.25) is 0 Å². The van der Waals surface area contributed by atoms with Crippen LogP contribution in [0.4, 0.5) is 0 Å². The van der Waals surface area contributed by atoms with Crippen LogP contribution in [0, 0.1) is 0 Å². The van der Waals surface area contributed by atoms with Gasteiger partial charge in [-0.2, -0.15) is 0 Å². The van der Waals surface area contributed by atoms with Gasteiger partial charge in [0.05, 0.1) is 13.7 Å². The van der Waals surface area contributed by atoms with E-state index in [-0.39, 0.29) is 5.97 Å². The van der Waals surface area contributed by atoms with Crippen molar-refractivity contribution in [3.63, 3.8) is 0 Å². The maximum absolute atomic E-state index is 10.9. The van der Waals surface area contributed by atoms with E-state index >= 15 is 0 Å². The second kappa shape index (κ2) is 7.54. The van der Waals surface area contributed by atoms with Crippen molar-refractivity contribution in [2.75, 3.05) is 13.7 Å². The molecular formula is C15H20O3. The molecule has 0 saturated heterocycles. The Hall–Kier alpha value is -1.77. The molecule has 0 fully saturated rings. The Morgan fingerprint density at radius 2 is 2.17 bits per heavy atom. The van der Waals surface area contributed by atoms with Crippen molar-refractivity contribution < 1.29 is 14.3 Å². The Bertz CT molecular complexity index is 410. The first-order chi connectivity index (χ1) is 8.71. The van der Waals surface area contributed by atoms with Gasteiger partial charge in [-0.3, -0.25) is 0 Å². The maximum Gasteiger partial charge on any atom is 0.330 e. The molecule has 0 spiro atoms. The zero-order valence-electron chi connectivity index (χ0n) is 11.1. The highest BCUT2D eigenvalue weighted by Gasteiger charge is 2.04. The summed E-state index contributed by atoms with van der Waals surface area (Å²) in [6.07, 6.45) is 3.95. The molecule has 3 heteroatoms. The average Bonchev–Trinajstić information content (AvgIpc) is 2.39. The minimum Gasteiger partial charge on any atom is -0.496 e. The third-order valence-electron chi connectivity index (χ3n) is 2.67. The van der Waals surface area contributed by atoms with Crippen LogP contribution in [0.15, 0.2) is 30.9 Å². The molecule has 0 bridgehead atoms. The summed E-state index contributed by atoms with van der Waals surface area (Å²) < 4.78 is 10.3. The fraction of sp³-hybridized carbons (Fsp3) is 0.400. The highest BCUT2D eigenvalue weighted by molar-refractivity contribution is 5.81. The second-order valence-electron chi connectivity index (χ2n) is 4.02. The van der Waals surface area contributed by atoms with Gasteiger partial charge in [0.25, 0.3) is 0 Å². The summed E-state index contributed by atoms with van der Waals surface area (Å²) in [5, 5.41) is 0. The van der Waals surface area contributed by atoms with Crippen molar-refractivity contribution in [3.8, 4) is 5.75 Å². The smallest absolute Gasteiger partial charge is 0.330 e. The molecule has 0 saturated carbocycles. The number of methoxy groups -OCH3 is 1. The molecule has 0 amide bonds. The third kappa shape index (κ3) is 4.24. The van der Waals surface area contributed by atoms with E-state index in [9.17, 15) is 4.79 Å². The molecule has 0 radical (unpaired) electrons. The minimum absolute atomic E-state index is 0.378. The number of carbonyl (C=O) groups excluding carboxylic acids is 1. The van der Waals surface area contributed by atoms with E-state index in [4.69, 9.17) is 9.47 Å². The first-order valence-electron chi connectivity index (χ1n) is 6.16. The third-order valence-corrected chi connectivity index (χ3v) is 2.67. The van der Waals surface area contributed by atoms with Crippen molar-refractivity contribution >= 4 is 5.97 Å². The number of aryl methyl sites for hydroxylation is 1. The summed E-state index contributed by atoms with van der Waals surface area (Å²) >= 11 is 0. The highest BCUT2D eigenvalue weighted by atomic mass is 16.5.